The van der Waals surface area contributed by atoms with Crippen LogP contribution in [-0.4, -0.2) is 76.4 Å². The Bertz CT molecular complexity index is 1690. The highest BCUT2D eigenvalue weighted by Crippen LogP contribution is 2.30. The first kappa shape index (κ1) is 39.1. The van der Waals surface area contributed by atoms with Crippen molar-refractivity contribution < 1.29 is 19.1 Å². The molecule has 3 heterocycles. The zero-order valence-corrected chi connectivity index (χ0v) is 32.4. The van der Waals surface area contributed by atoms with Gasteiger partial charge in [0.25, 0.3) is 0 Å². The number of carbonyl (C=O) groups excluding carboxylic acids is 3. The maximum Gasteiger partial charge on any atom is 0.407 e. The van der Waals surface area contributed by atoms with Gasteiger partial charge < -0.3 is 25.2 Å². The molecular weight excluding hydrogens is 693 g/mol. The van der Waals surface area contributed by atoms with Crippen LogP contribution in [0, 0.1) is 5.92 Å². The number of likely N-dealkylation sites (tertiary alicyclic amines) is 1. The third-order valence-electron chi connectivity index (χ3n) is 9.77. The number of benzene rings is 2. The molecule has 2 N–H and O–H groups in total. The number of alkyl carbamates (subject to hydrolysis) is 1. The van der Waals surface area contributed by atoms with Crippen molar-refractivity contribution in [3.63, 3.8) is 0 Å². The minimum Gasteiger partial charge on any atom is -0.444 e. The lowest BCUT2D eigenvalue weighted by Gasteiger charge is -2.41. The summed E-state index contributed by atoms with van der Waals surface area (Å²) >= 11 is 3.05. The second kappa shape index (κ2) is 19.1. The molecule has 0 radical (unpaired) electrons. The number of hydrogen-bond donors (Lipinski definition) is 2. The molecule has 278 valence electrons. The number of nitrogens with zero attached hydrogens (tertiary/aromatic N) is 4. The van der Waals surface area contributed by atoms with Crippen LogP contribution in [0.2, 0.25) is 0 Å². The number of ketones is 1. The molecule has 1 aliphatic heterocycles. The third-order valence-corrected chi connectivity index (χ3v) is 11.7. The van der Waals surface area contributed by atoms with Crippen LogP contribution >= 0.6 is 22.7 Å². The summed E-state index contributed by atoms with van der Waals surface area (Å²) in [6.45, 7) is 6.20. The number of Topliss-reactive ketones (excluding diaryl/α,β-unsaturated/α-hetero) is 1. The molecule has 12 heteroatoms. The Balaban J connectivity index is 1.30. The summed E-state index contributed by atoms with van der Waals surface area (Å²) in [6.07, 6.45) is 5.37. The van der Waals surface area contributed by atoms with Crippen LogP contribution in [0.4, 0.5) is 9.59 Å². The Morgan fingerprint density at radius 1 is 0.962 bits per heavy atom. The van der Waals surface area contributed by atoms with Crippen molar-refractivity contribution in [3.05, 3.63) is 104 Å². The topological polar surface area (TPSA) is 117 Å². The molecule has 0 aliphatic carbocycles. The number of amides is 3. The fraction of sp³-hybridized carbons (Fsp3) is 0.475. The van der Waals surface area contributed by atoms with Crippen LogP contribution in [0.25, 0.3) is 0 Å². The number of aromatic nitrogens is 2. The van der Waals surface area contributed by atoms with E-state index in [1.807, 2.05) is 41.8 Å². The van der Waals surface area contributed by atoms with E-state index in [0.29, 0.717) is 57.4 Å². The summed E-state index contributed by atoms with van der Waals surface area (Å²) in [4.78, 5) is 54.7. The molecule has 2 atom stereocenters. The van der Waals surface area contributed by atoms with Gasteiger partial charge in [0.1, 0.15) is 12.1 Å². The molecule has 10 nitrogen and oxygen atoms in total. The average molecular weight is 745 g/mol. The molecule has 0 saturated carbocycles. The summed E-state index contributed by atoms with van der Waals surface area (Å²) in [7, 11) is 3.81. The first-order valence-electron chi connectivity index (χ1n) is 18.2. The van der Waals surface area contributed by atoms with E-state index in [4.69, 9.17) is 9.72 Å². The molecule has 2 aromatic carbocycles. The van der Waals surface area contributed by atoms with Crippen LogP contribution in [-0.2, 0) is 35.5 Å². The number of carbonyl (C=O) groups is 3. The summed E-state index contributed by atoms with van der Waals surface area (Å²) in [6, 6.07) is 19.9. The minimum atomic E-state index is -0.958. The number of thiazole rings is 2. The molecule has 4 aromatic rings. The molecule has 1 aliphatic rings. The lowest BCUT2D eigenvalue weighted by molar-refractivity contribution is -0.128. The summed E-state index contributed by atoms with van der Waals surface area (Å²) in [5.41, 5.74) is 3.88. The highest BCUT2D eigenvalue weighted by Gasteiger charge is 2.43. The van der Waals surface area contributed by atoms with E-state index < -0.39 is 11.6 Å². The van der Waals surface area contributed by atoms with Crippen molar-refractivity contribution in [2.24, 2.45) is 5.92 Å². The fourth-order valence-electron chi connectivity index (χ4n) is 6.65. The predicted molar refractivity (Wildman–Crippen MR) is 208 cm³/mol. The molecular formula is C40H52N6O4S2. The van der Waals surface area contributed by atoms with E-state index in [0.717, 1.165) is 39.8 Å². The molecule has 2 aromatic heterocycles. The van der Waals surface area contributed by atoms with Crippen LogP contribution in [0.1, 0.15) is 78.6 Å². The van der Waals surface area contributed by atoms with Crippen molar-refractivity contribution >= 4 is 40.6 Å². The first-order chi connectivity index (χ1) is 25.1. The van der Waals surface area contributed by atoms with Crippen molar-refractivity contribution in [3.8, 4) is 0 Å². The maximum atomic E-state index is 14.6. The van der Waals surface area contributed by atoms with Crippen LogP contribution in [0.3, 0.4) is 0 Å². The van der Waals surface area contributed by atoms with Crippen LogP contribution in [0.5, 0.6) is 0 Å². The molecule has 0 unspecified atom stereocenters. The van der Waals surface area contributed by atoms with Gasteiger partial charge in [-0.15, -0.1) is 22.7 Å². The van der Waals surface area contributed by atoms with Gasteiger partial charge in [-0.3, -0.25) is 9.78 Å². The van der Waals surface area contributed by atoms with Gasteiger partial charge in [-0.05, 0) is 62.6 Å². The van der Waals surface area contributed by atoms with E-state index in [-0.39, 0.29) is 30.4 Å². The Kier molecular flexibility index (Phi) is 14.4. The van der Waals surface area contributed by atoms with Crippen molar-refractivity contribution in [1.29, 1.82) is 0 Å². The van der Waals surface area contributed by atoms with E-state index in [1.54, 1.807) is 35.0 Å². The number of rotatable bonds is 17. The highest BCUT2D eigenvalue weighted by atomic mass is 32.1. The SMILES string of the molecule is CC(C)c1nc(CN(C)C(=O)NC2(C(=O)C[C@H](CC[C@H](Cc3ccccc3)NC(=O)OCc3cncs3)Cc3ccccc3)CCN(C)CC2)cs1. The lowest BCUT2D eigenvalue weighted by Crippen LogP contribution is -2.61. The van der Waals surface area contributed by atoms with Gasteiger partial charge in [0.15, 0.2) is 5.78 Å². The number of ether oxygens (including phenoxy) is 1. The van der Waals surface area contributed by atoms with Gasteiger partial charge in [0, 0.05) is 50.1 Å². The van der Waals surface area contributed by atoms with E-state index in [9.17, 15) is 14.4 Å². The second-order valence-electron chi connectivity index (χ2n) is 14.3. The highest BCUT2D eigenvalue weighted by molar-refractivity contribution is 7.09. The third kappa shape index (κ3) is 11.7. The molecule has 1 fully saturated rings. The van der Waals surface area contributed by atoms with Gasteiger partial charge in [0.05, 0.1) is 27.6 Å². The summed E-state index contributed by atoms with van der Waals surface area (Å²) in [5.74, 6) is 0.392. The maximum absolute atomic E-state index is 14.6. The Morgan fingerprint density at radius 2 is 1.63 bits per heavy atom. The first-order valence-corrected chi connectivity index (χ1v) is 19.9. The van der Waals surface area contributed by atoms with Gasteiger partial charge in [0.2, 0.25) is 0 Å². The smallest absolute Gasteiger partial charge is 0.407 e. The fourth-order valence-corrected chi connectivity index (χ4v) is 7.98. The minimum absolute atomic E-state index is 0.00110. The number of urea groups is 1. The normalized spacial score (nSPS) is 15.5. The predicted octanol–water partition coefficient (Wildman–Crippen LogP) is 7.46. The van der Waals surface area contributed by atoms with Gasteiger partial charge >= 0.3 is 12.1 Å². The van der Waals surface area contributed by atoms with Crippen molar-refractivity contribution in [2.75, 3.05) is 27.2 Å². The van der Waals surface area contributed by atoms with Crippen molar-refractivity contribution in [2.45, 2.75) is 89.4 Å². The average Bonchev–Trinajstić information content (AvgIpc) is 3.84. The van der Waals surface area contributed by atoms with Gasteiger partial charge in [-0.1, -0.05) is 74.5 Å². The lowest BCUT2D eigenvalue weighted by atomic mass is 9.78. The molecule has 5 rings (SSSR count). The number of piperidine rings is 1. The van der Waals surface area contributed by atoms with Gasteiger partial charge in [-0.25, -0.2) is 14.6 Å². The number of hydrogen-bond acceptors (Lipinski definition) is 9. The monoisotopic (exact) mass is 744 g/mol. The van der Waals surface area contributed by atoms with Crippen LogP contribution in [0.15, 0.2) is 77.8 Å². The van der Waals surface area contributed by atoms with Crippen molar-refractivity contribution in [1.82, 2.24) is 30.4 Å². The second-order valence-corrected chi connectivity index (χ2v) is 16.2. The summed E-state index contributed by atoms with van der Waals surface area (Å²) < 4.78 is 5.54. The van der Waals surface area contributed by atoms with E-state index in [2.05, 4.69) is 65.7 Å². The Labute approximate surface area is 316 Å². The van der Waals surface area contributed by atoms with Crippen LogP contribution < -0.4 is 10.6 Å². The Morgan fingerprint density at radius 3 is 2.25 bits per heavy atom. The van der Waals surface area contributed by atoms with E-state index >= 15 is 0 Å². The zero-order valence-electron chi connectivity index (χ0n) is 30.8. The molecule has 0 bridgehead atoms. The summed E-state index contributed by atoms with van der Waals surface area (Å²) in [5, 5.41) is 9.39. The molecule has 52 heavy (non-hydrogen) atoms. The molecule has 0 spiro atoms. The van der Waals surface area contributed by atoms with E-state index in [1.165, 1.54) is 11.3 Å². The van der Waals surface area contributed by atoms with Gasteiger partial charge in [-0.2, -0.15) is 0 Å². The standard InChI is InChI=1S/C40H52N6O4S2/c1-29(2)37-42-34(27-51-37)25-46(4)38(48)44-40(17-19-45(3)20-18-40)36(47)23-32(21-30-11-7-5-8-12-30)15-16-33(22-31-13-9-6-10-14-31)43-39(49)50-26-35-24-41-28-52-35/h5-14,24,27-29,32-33H,15-23,25-26H2,1-4H3,(H,43,49)(H,44,48)/t32-,33-/m1/s1. The Hall–Kier alpha value is -4.13. The molecule has 1 saturated heterocycles. The quantitative estimate of drug-likeness (QED) is 0.115. The molecule has 3 amide bonds. The largest absolute Gasteiger partial charge is 0.444 e. The number of nitrogens with one attached hydrogen (secondary N) is 2. The zero-order chi connectivity index (χ0) is 36.9.